The number of rotatable bonds is 4. The monoisotopic (exact) mass is 350 g/mol. The fraction of sp³-hybridized carbons (Fsp3) is 0.294. The summed E-state index contributed by atoms with van der Waals surface area (Å²) in [6, 6.07) is 8.02. The number of fused-ring (bicyclic) bond motifs is 1. The summed E-state index contributed by atoms with van der Waals surface area (Å²) >= 11 is 0. The molecule has 0 amide bonds. The zero-order valence-electron chi connectivity index (χ0n) is 13.8. The van der Waals surface area contributed by atoms with E-state index >= 15 is 0 Å². The largest absolute Gasteiger partial charge is 0.433 e. The second kappa shape index (κ2) is 6.27. The topological polar surface area (TPSA) is 51.9 Å². The van der Waals surface area contributed by atoms with Gasteiger partial charge in [0.15, 0.2) is 0 Å². The zero-order chi connectivity index (χ0) is 18.2. The summed E-state index contributed by atoms with van der Waals surface area (Å²) in [4.78, 5) is 15.4. The van der Waals surface area contributed by atoms with E-state index in [4.69, 9.17) is 0 Å². The van der Waals surface area contributed by atoms with E-state index in [0.29, 0.717) is 18.5 Å². The van der Waals surface area contributed by atoms with Crippen molar-refractivity contribution in [2.75, 3.05) is 11.9 Å². The van der Waals surface area contributed by atoms with Crippen molar-refractivity contribution in [3.63, 3.8) is 0 Å². The van der Waals surface area contributed by atoms with Gasteiger partial charge in [-0.25, -0.2) is 4.79 Å². The number of nitrogens with zero attached hydrogens (tertiary/aromatic N) is 3. The molecule has 3 rings (SSSR count). The predicted octanol–water partition coefficient (Wildman–Crippen LogP) is 2.95. The van der Waals surface area contributed by atoms with Gasteiger partial charge in [0.2, 0.25) is 0 Å². The summed E-state index contributed by atoms with van der Waals surface area (Å²) < 4.78 is 40.6. The van der Waals surface area contributed by atoms with E-state index in [-0.39, 0.29) is 5.69 Å². The van der Waals surface area contributed by atoms with Crippen LogP contribution in [0.1, 0.15) is 11.3 Å². The van der Waals surface area contributed by atoms with Gasteiger partial charge in [-0.15, -0.1) is 0 Å². The molecule has 0 saturated heterocycles. The Kier molecular flexibility index (Phi) is 4.28. The Morgan fingerprint density at radius 1 is 1.08 bits per heavy atom. The van der Waals surface area contributed by atoms with Crippen LogP contribution >= 0.6 is 0 Å². The smallest absolute Gasteiger partial charge is 0.385 e. The van der Waals surface area contributed by atoms with E-state index in [1.165, 1.54) is 12.3 Å². The second-order valence-corrected chi connectivity index (χ2v) is 5.83. The van der Waals surface area contributed by atoms with Crippen molar-refractivity contribution in [2.45, 2.75) is 12.6 Å². The SMILES string of the molecule is Cn1c(=O)n(C)c2cc(NCCc3ccc(C(F)(F)F)nc3)ccc21. The Balaban J connectivity index is 1.67. The molecule has 0 bridgehead atoms. The molecule has 2 heterocycles. The van der Waals surface area contributed by atoms with Crippen LogP contribution < -0.4 is 11.0 Å². The third-order valence-electron chi connectivity index (χ3n) is 4.13. The third-order valence-corrected chi connectivity index (χ3v) is 4.13. The van der Waals surface area contributed by atoms with E-state index < -0.39 is 11.9 Å². The molecule has 0 aliphatic carbocycles. The molecule has 0 spiro atoms. The molecule has 0 aliphatic heterocycles. The molecule has 0 aliphatic rings. The molecule has 0 atom stereocenters. The van der Waals surface area contributed by atoms with Crippen molar-refractivity contribution >= 4 is 16.7 Å². The molecule has 8 heteroatoms. The number of imidazole rings is 1. The normalized spacial score (nSPS) is 11.9. The highest BCUT2D eigenvalue weighted by atomic mass is 19.4. The lowest BCUT2D eigenvalue weighted by Crippen LogP contribution is -2.19. The lowest BCUT2D eigenvalue weighted by atomic mass is 10.2. The molecule has 5 nitrogen and oxygen atoms in total. The van der Waals surface area contributed by atoms with E-state index in [9.17, 15) is 18.0 Å². The lowest BCUT2D eigenvalue weighted by molar-refractivity contribution is -0.141. The fourth-order valence-corrected chi connectivity index (χ4v) is 2.71. The predicted molar refractivity (Wildman–Crippen MR) is 89.6 cm³/mol. The van der Waals surface area contributed by atoms with Crippen LogP contribution in [0.15, 0.2) is 41.3 Å². The van der Waals surface area contributed by atoms with Crippen LogP contribution in [0.5, 0.6) is 0 Å². The van der Waals surface area contributed by atoms with E-state index in [0.717, 1.165) is 22.8 Å². The summed E-state index contributed by atoms with van der Waals surface area (Å²) in [5, 5.41) is 3.21. The summed E-state index contributed by atoms with van der Waals surface area (Å²) in [5.74, 6) is 0. The molecule has 1 aromatic carbocycles. The summed E-state index contributed by atoms with van der Waals surface area (Å²) in [6.07, 6.45) is -2.64. The van der Waals surface area contributed by atoms with Crippen LogP contribution in [0.25, 0.3) is 11.0 Å². The van der Waals surface area contributed by atoms with Crippen molar-refractivity contribution in [2.24, 2.45) is 14.1 Å². The number of aromatic nitrogens is 3. The molecule has 1 N–H and O–H groups in total. The summed E-state index contributed by atoms with van der Waals surface area (Å²) in [6.45, 7) is 0.541. The van der Waals surface area contributed by atoms with Crippen LogP contribution in [0.4, 0.5) is 18.9 Å². The average Bonchev–Trinajstić information content (AvgIpc) is 2.79. The molecule has 0 saturated carbocycles. The summed E-state index contributed by atoms with van der Waals surface area (Å²) in [5.41, 5.74) is 2.23. The fourth-order valence-electron chi connectivity index (χ4n) is 2.71. The Hall–Kier alpha value is -2.77. The van der Waals surface area contributed by atoms with Crippen molar-refractivity contribution in [1.82, 2.24) is 14.1 Å². The number of halogens is 3. The first-order valence-electron chi connectivity index (χ1n) is 7.69. The molecule has 3 aromatic rings. The van der Waals surface area contributed by atoms with Gasteiger partial charge in [-0.3, -0.25) is 14.1 Å². The Bertz CT molecular complexity index is 955. The van der Waals surface area contributed by atoms with Gasteiger partial charge in [0, 0.05) is 32.5 Å². The minimum absolute atomic E-state index is 0.0945. The van der Waals surface area contributed by atoms with Crippen LogP contribution in [0.3, 0.4) is 0 Å². The Morgan fingerprint density at radius 2 is 1.80 bits per heavy atom. The first-order chi connectivity index (χ1) is 11.8. The van der Waals surface area contributed by atoms with Crippen molar-refractivity contribution in [3.05, 3.63) is 58.3 Å². The first kappa shape index (κ1) is 17.1. The minimum atomic E-state index is -4.42. The maximum atomic E-state index is 12.5. The number of pyridine rings is 1. The van der Waals surface area contributed by atoms with Gasteiger partial charge in [0.25, 0.3) is 0 Å². The van der Waals surface area contributed by atoms with Crippen LogP contribution in [0, 0.1) is 0 Å². The van der Waals surface area contributed by atoms with Gasteiger partial charge >= 0.3 is 11.9 Å². The Labute approximate surface area is 141 Å². The number of hydrogen-bond donors (Lipinski definition) is 1. The van der Waals surface area contributed by atoms with E-state index in [2.05, 4.69) is 10.3 Å². The van der Waals surface area contributed by atoms with E-state index in [1.54, 1.807) is 23.2 Å². The molecular formula is C17H17F3N4O. The second-order valence-electron chi connectivity index (χ2n) is 5.83. The zero-order valence-corrected chi connectivity index (χ0v) is 13.8. The number of aryl methyl sites for hydroxylation is 2. The van der Waals surface area contributed by atoms with Crippen molar-refractivity contribution < 1.29 is 13.2 Å². The lowest BCUT2D eigenvalue weighted by Gasteiger charge is -2.09. The maximum Gasteiger partial charge on any atom is 0.433 e. The molecule has 0 radical (unpaired) electrons. The van der Waals surface area contributed by atoms with E-state index in [1.807, 2.05) is 18.2 Å². The highest BCUT2D eigenvalue weighted by Crippen LogP contribution is 2.27. The third kappa shape index (κ3) is 3.38. The van der Waals surface area contributed by atoms with Gasteiger partial charge in [-0.2, -0.15) is 13.2 Å². The standard InChI is InChI=1S/C17H17F3N4O/c1-23-13-5-4-12(9-14(13)24(2)16(23)25)21-8-7-11-3-6-15(22-10-11)17(18,19)20/h3-6,9-10,21H,7-8H2,1-2H3. The molecule has 2 aromatic heterocycles. The number of hydrogen-bond acceptors (Lipinski definition) is 3. The maximum absolute atomic E-state index is 12.5. The Morgan fingerprint density at radius 3 is 2.44 bits per heavy atom. The molecule has 25 heavy (non-hydrogen) atoms. The van der Waals surface area contributed by atoms with Gasteiger partial charge < -0.3 is 5.32 Å². The molecule has 0 unspecified atom stereocenters. The average molecular weight is 350 g/mol. The van der Waals surface area contributed by atoms with Crippen molar-refractivity contribution in [3.8, 4) is 0 Å². The number of nitrogens with one attached hydrogen (secondary N) is 1. The highest BCUT2D eigenvalue weighted by Gasteiger charge is 2.31. The summed E-state index contributed by atoms with van der Waals surface area (Å²) in [7, 11) is 3.43. The van der Waals surface area contributed by atoms with Crippen LogP contribution in [-0.2, 0) is 26.7 Å². The molecular weight excluding hydrogens is 333 g/mol. The van der Waals surface area contributed by atoms with Gasteiger partial charge in [0.1, 0.15) is 5.69 Å². The first-order valence-corrected chi connectivity index (χ1v) is 7.69. The number of benzene rings is 1. The molecule has 0 fully saturated rings. The van der Waals surface area contributed by atoms with Crippen molar-refractivity contribution in [1.29, 1.82) is 0 Å². The molecule has 132 valence electrons. The van der Waals surface area contributed by atoms with Crippen LogP contribution in [-0.4, -0.2) is 20.7 Å². The van der Waals surface area contributed by atoms with Crippen LogP contribution in [0.2, 0.25) is 0 Å². The quantitative estimate of drug-likeness (QED) is 0.787. The van der Waals surface area contributed by atoms with Gasteiger partial charge in [0.05, 0.1) is 11.0 Å². The van der Waals surface area contributed by atoms with Gasteiger partial charge in [-0.1, -0.05) is 6.07 Å². The number of anilines is 1. The minimum Gasteiger partial charge on any atom is -0.385 e. The van der Waals surface area contributed by atoms with Gasteiger partial charge in [-0.05, 0) is 36.2 Å². The number of alkyl halides is 3. The highest BCUT2D eigenvalue weighted by molar-refractivity contribution is 5.80.